The molecule has 0 spiro atoms. The van der Waals surface area contributed by atoms with Crippen LogP contribution in [0.2, 0.25) is 0 Å². The van der Waals surface area contributed by atoms with E-state index >= 15 is 0 Å². The molecule has 2 aromatic heterocycles. The topological polar surface area (TPSA) is 67.7 Å². The van der Waals surface area contributed by atoms with Crippen LogP contribution in [0.4, 0.5) is 0 Å². The minimum absolute atomic E-state index is 0.289. The van der Waals surface area contributed by atoms with Gasteiger partial charge in [0.25, 0.3) is 0 Å². The van der Waals surface area contributed by atoms with Gasteiger partial charge in [-0.3, -0.25) is 0 Å². The summed E-state index contributed by atoms with van der Waals surface area (Å²) in [5.74, 6) is -0.935. The smallest absolute Gasteiger partial charge is 0.337 e. The molecule has 100 valence electrons. The number of pyridine rings is 1. The number of nitrogens with two attached hydrogens (primary N) is 1. The summed E-state index contributed by atoms with van der Waals surface area (Å²) >= 11 is 0. The highest BCUT2D eigenvalue weighted by Crippen LogP contribution is 2.32. The van der Waals surface area contributed by atoms with Crippen LogP contribution in [0.15, 0.2) is 54.9 Å². The van der Waals surface area contributed by atoms with Crippen LogP contribution in [0.1, 0.15) is 15.9 Å². The van der Waals surface area contributed by atoms with Crippen molar-refractivity contribution in [2.24, 2.45) is 5.73 Å². The Bertz CT molecular complexity index is 790. The summed E-state index contributed by atoms with van der Waals surface area (Å²) < 4.78 is 1.83. The van der Waals surface area contributed by atoms with Crippen LogP contribution in [-0.2, 0) is 6.54 Å². The molecule has 0 unspecified atom stereocenters. The Morgan fingerprint density at radius 3 is 2.65 bits per heavy atom. The van der Waals surface area contributed by atoms with Gasteiger partial charge < -0.3 is 15.2 Å². The molecule has 0 saturated heterocycles. The van der Waals surface area contributed by atoms with Gasteiger partial charge in [0.05, 0.1) is 11.1 Å². The maximum Gasteiger partial charge on any atom is 0.337 e. The van der Waals surface area contributed by atoms with Crippen molar-refractivity contribution in [2.45, 2.75) is 6.54 Å². The zero-order valence-electron chi connectivity index (χ0n) is 10.8. The number of carbonyl (C=O) groups is 1. The number of benzene rings is 1. The van der Waals surface area contributed by atoms with E-state index in [1.165, 1.54) is 0 Å². The molecule has 0 atom stereocenters. The first-order valence-electron chi connectivity index (χ1n) is 6.33. The van der Waals surface area contributed by atoms with E-state index in [0.717, 1.165) is 22.2 Å². The number of nitrogens with zero attached hydrogens (tertiary/aromatic N) is 1. The lowest BCUT2D eigenvalue weighted by molar-refractivity contribution is 0.0698. The molecule has 0 aliphatic rings. The van der Waals surface area contributed by atoms with Crippen LogP contribution in [0, 0.1) is 0 Å². The van der Waals surface area contributed by atoms with Crippen LogP contribution in [-0.4, -0.2) is 15.5 Å². The molecule has 4 nitrogen and oxygen atoms in total. The fraction of sp³-hybridized carbons (Fsp3) is 0.0625. The molecule has 0 amide bonds. The molecular weight excluding hydrogens is 252 g/mol. The van der Waals surface area contributed by atoms with Gasteiger partial charge in [-0.05, 0) is 23.3 Å². The lowest BCUT2D eigenvalue weighted by Gasteiger charge is -2.08. The quantitative estimate of drug-likeness (QED) is 0.766. The van der Waals surface area contributed by atoms with Gasteiger partial charge in [0.2, 0.25) is 0 Å². The van der Waals surface area contributed by atoms with Gasteiger partial charge in [-0.1, -0.05) is 30.3 Å². The second-order valence-corrected chi connectivity index (χ2v) is 4.58. The van der Waals surface area contributed by atoms with E-state index in [1.54, 1.807) is 6.20 Å². The molecule has 4 heteroatoms. The number of hydrogen-bond donors (Lipinski definition) is 2. The summed E-state index contributed by atoms with van der Waals surface area (Å²) in [7, 11) is 0. The second kappa shape index (κ2) is 4.83. The highest BCUT2D eigenvalue weighted by molar-refractivity contribution is 6.02. The Labute approximate surface area is 116 Å². The van der Waals surface area contributed by atoms with E-state index in [-0.39, 0.29) is 5.56 Å². The zero-order chi connectivity index (χ0) is 14.1. The third-order valence-electron chi connectivity index (χ3n) is 3.42. The number of aromatic carboxylic acids is 1. The van der Waals surface area contributed by atoms with E-state index in [2.05, 4.69) is 0 Å². The molecule has 0 aliphatic carbocycles. The van der Waals surface area contributed by atoms with Crippen LogP contribution >= 0.6 is 0 Å². The number of carboxylic acid groups (broad SMARTS) is 1. The van der Waals surface area contributed by atoms with E-state index in [9.17, 15) is 9.90 Å². The van der Waals surface area contributed by atoms with Crippen molar-refractivity contribution in [2.75, 3.05) is 0 Å². The fourth-order valence-corrected chi connectivity index (χ4v) is 2.51. The number of fused-ring (bicyclic) bond motifs is 1. The Morgan fingerprint density at radius 1 is 1.15 bits per heavy atom. The zero-order valence-corrected chi connectivity index (χ0v) is 10.8. The standard InChI is InChI=1S/C16H14N2O2/c17-9-11-5-1-2-6-12(11)15-13(16(19)20)10-18-8-4-3-7-14(15)18/h1-8,10H,9,17H2,(H,19,20). The normalized spacial score (nSPS) is 10.8. The molecule has 3 aromatic rings. The van der Waals surface area contributed by atoms with E-state index in [0.29, 0.717) is 6.54 Å². The average molecular weight is 266 g/mol. The molecule has 0 bridgehead atoms. The molecule has 1 aromatic carbocycles. The molecule has 20 heavy (non-hydrogen) atoms. The lowest BCUT2D eigenvalue weighted by atomic mass is 9.97. The van der Waals surface area contributed by atoms with Crippen molar-refractivity contribution in [3.63, 3.8) is 0 Å². The maximum atomic E-state index is 11.5. The largest absolute Gasteiger partial charge is 0.478 e. The van der Waals surface area contributed by atoms with Crippen LogP contribution < -0.4 is 5.73 Å². The van der Waals surface area contributed by atoms with Gasteiger partial charge in [0.15, 0.2) is 0 Å². The molecule has 0 saturated carbocycles. The molecule has 0 fully saturated rings. The molecule has 0 aliphatic heterocycles. The van der Waals surface area contributed by atoms with Gasteiger partial charge in [-0.2, -0.15) is 0 Å². The van der Waals surface area contributed by atoms with Gasteiger partial charge in [0, 0.05) is 24.5 Å². The van der Waals surface area contributed by atoms with Gasteiger partial charge in [-0.15, -0.1) is 0 Å². The van der Waals surface area contributed by atoms with Gasteiger partial charge in [-0.25, -0.2) is 4.79 Å². The van der Waals surface area contributed by atoms with Crippen molar-refractivity contribution >= 4 is 11.5 Å². The minimum Gasteiger partial charge on any atom is -0.478 e. The average Bonchev–Trinajstić information content (AvgIpc) is 2.86. The van der Waals surface area contributed by atoms with E-state index < -0.39 is 5.97 Å². The first-order valence-corrected chi connectivity index (χ1v) is 6.33. The van der Waals surface area contributed by atoms with Gasteiger partial charge in [0.1, 0.15) is 0 Å². The van der Waals surface area contributed by atoms with Crippen molar-refractivity contribution in [3.05, 3.63) is 66.0 Å². The van der Waals surface area contributed by atoms with Crippen molar-refractivity contribution < 1.29 is 9.90 Å². The SMILES string of the molecule is NCc1ccccc1-c1c(C(=O)O)cn2ccccc12. The van der Waals surface area contributed by atoms with Gasteiger partial charge >= 0.3 is 5.97 Å². The summed E-state index contributed by atoms with van der Waals surface area (Å²) in [5.41, 5.74) is 9.46. The fourth-order valence-electron chi connectivity index (χ4n) is 2.51. The van der Waals surface area contributed by atoms with Crippen molar-refractivity contribution in [1.82, 2.24) is 4.40 Å². The summed E-state index contributed by atoms with van der Waals surface area (Å²) in [6, 6.07) is 13.3. The minimum atomic E-state index is -0.935. The predicted molar refractivity (Wildman–Crippen MR) is 77.7 cm³/mol. The molecule has 3 rings (SSSR count). The molecule has 2 heterocycles. The van der Waals surface area contributed by atoms with Crippen LogP contribution in [0.5, 0.6) is 0 Å². The number of hydrogen-bond acceptors (Lipinski definition) is 2. The Morgan fingerprint density at radius 2 is 1.90 bits per heavy atom. The highest BCUT2D eigenvalue weighted by atomic mass is 16.4. The molecule has 3 N–H and O–H groups in total. The highest BCUT2D eigenvalue weighted by Gasteiger charge is 2.19. The summed E-state index contributed by atoms with van der Waals surface area (Å²) in [6.45, 7) is 0.374. The summed E-state index contributed by atoms with van der Waals surface area (Å²) in [4.78, 5) is 11.5. The molecular formula is C16H14N2O2. The summed E-state index contributed by atoms with van der Waals surface area (Å²) in [5, 5.41) is 9.45. The number of rotatable bonds is 3. The van der Waals surface area contributed by atoms with Crippen molar-refractivity contribution in [3.8, 4) is 11.1 Å². The lowest BCUT2D eigenvalue weighted by Crippen LogP contribution is -2.01. The Balaban J connectivity index is 2.39. The number of carboxylic acids is 1. The van der Waals surface area contributed by atoms with Crippen LogP contribution in [0.3, 0.4) is 0 Å². The van der Waals surface area contributed by atoms with Crippen LogP contribution in [0.25, 0.3) is 16.6 Å². The second-order valence-electron chi connectivity index (χ2n) is 4.58. The van der Waals surface area contributed by atoms with Crippen molar-refractivity contribution in [1.29, 1.82) is 0 Å². The predicted octanol–water partition coefficient (Wildman–Crippen LogP) is 2.76. The third-order valence-corrected chi connectivity index (χ3v) is 3.42. The Kier molecular flexibility index (Phi) is 3.00. The summed E-state index contributed by atoms with van der Waals surface area (Å²) in [6.07, 6.45) is 3.48. The first-order chi connectivity index (χ1) is 9.72. The maximum absolute atomic E-state index is 11.5. The molecule has 0 radical (unpaired) electrons. The van der Waals surface area contributed by atoms with E-state index in [4.69, 9.17) is 5.73 Å². The monoisotopic (exact) mass is 266 g/mol. The third kappa shape index (κ3) is 1.87. The van der Waals surface area contributed by atoms with E-state index in [1.807, 2.05) is 53.1 Å². The first kappa shape index (κ1) is 12.4. The number of aromatic nitrogens is 1. The Hall–Kier alpha value is -2.59.